The van der Waals surface area contributed by atoms with E-state index >= 15 is 0 Å². The van der Waals surface area contributed by atoms with E-state index in [4.69, 9.17) is 23.2 Å². The van der Waals surface area contributed by atoms with Crippen molar-refractivity contribution < 1.29 is 0 Å². The molecule has 0 aromatic carbocycles. The van der Waals surface area contributed by atoms with Gasteiger partial charge in [-0.15, -0.1) is 0 Å². The average molecular weight is 233 g/mol. The van der Waals surface area contributed by atoms with Gasteiger partial charge in [-0.2, -0.15) is 9.97 Å². The predicted octanol–water partition coefficient (Wildman–Crippen LogP) is 0.974. The number of aryl methyl sites for hydroxylation is 2. The smallest absolute Gasteiger partial charge is 0.300 e. The normalized spacial score (nSPS) is 11.1. The molecule has 0 spiro atoms. The van der Waals surface area contributed by atoms with Crippen LogP contribution >= 0.6 is 23.2 Å². The minimum Gasteiger partial charge on any atom is -0.312 e. The van der Waals surface area contributed by atoms with Crippen molar-refractivity contribution in [2.45, 2.75) is 0 Å². The lowest BCUT2D eigenvalue weighted by Gasteiger charge is -2.00. The van der Waals surface area contributed by atoms with Gasteiger partial charge in [-0.05, 0) is 23.2 Å². The summed E-state index contributed by atoms with van der Waals surface area (Å²) in [5, 5.41) is 0.328. The molecule has 0 fully saturated rings. The number of halogens is 2. The van der Waals surface area contributed by atoms with Gasteiger partial charge >= 0.3 is 0 Å². The van der Waals surface area contributed by atoms with Crippen molar-refractivity contribution in [2.24, 2.45) is 14.1 Å². The Morgan fingerprint density at radius 1 is 1.07 bits per heavy atom. The van der Waals surface area contributed by atoms with Gasteiger partial charge in [0.25, 0.3) is 5.56 Å². The molecule has 0 saturated heterocycles. The summed E-state index contributed by atoms with van der Waals surface area (Å²) in [6.07, 6.45) is 0. The van der Waals surface area contributed by atoms with Crippen molar-refractivity contribution in [1.82, 2.24) is 19.1 Å². The number of rotatable bonds is 0. The van der Waals surface area contributed by atoms with Gasteiger partial charge in [-0.1, -0.05) is 0 Å². The highest BCUT2D eigenvalue weighted by molar-refractivity contribution is 6.30. The maximum absolute atomic E-state index is 11.5. The summed E-state index contributed by atoms with van der Waals surface area (Å²) >= 11 is 11.5. The maximum Gasteiger partial charge on any atom is 0.300 e. The molecule has 0 amide bonds. The molecule has 0 aliphatic rings. The van der Waals surface area contributed by atoms with E-state index in [0.29, 0.717) is 11.2 Å². The second kappa shape index (κ2) is 2.96. The Bertz CT molecular complexity index is 571. The lowest BCUT2D eigenvalue weighted by molar-refractivity contribution is 0.884. The monoisotopic (exact) mass is 232 g/mol. The van der Waals surface area contributed by atoms with E-state index in [1.807, 2.05) is 0 Å². The van der Waals surface area contributed by atoms with Crippen LogP contribution in [0.1, 0.15) is 0 Å². The number of hydrogen-bond acceptors (Lipinski definition) is 3. The molecule has 5 nitrogen and oxygen atoms in total. The molecule has 14 heavy (non-hydrogen) atoms. The van der Waals surface area contributed by atoms with Gasteiger partial charge in [0.15, 0.2) is 11.2 Å². The molecule has 0 atom stereocenters. The van der Waals surface area contributed by atoms with Crippen LogP contribution < -0.4 is 5.56 Å². The van der Waals surface area contributed by atoms with Crippen molar-refractivity contribution in [2.75, 3.05) is 0 Å². The van der Waals surface area contributed by atoms with Gasteiger partial charge in [0.05, 0.1) is 0 Å². The van der Waals surface area contributed by atoms with E-state index in [2.05, 4.69) is 9.97 Å². The van der Waals surface area contributed by atoms with Crippen LogP contribution in [0, 0.1) is 0 Å². The lowest BCUT2D eigenvalue weighted by Crippen LogP contribution is -2.14. The Morgan fingerprint density at radius 2 is 1.64 bits per heavy atom. The van der Waals surface area contributed by atoms with Crippen molar-refractivity contribution in [3.63, 3.8) is 0 Å². The Morgan fingerprint density at radius 3 is 2.29 bits per heavy atom. The van der Waals surface area contributed by atoms with Gasteiger partial charge in [-0.3, -0.25) is 4.79 Å². The van der Waals surface area contributed by atoms with Crippen molar-refractivity contribution >= 4 is 34.4 Å². The average Bonchev–Trinajstić information content (AvgIpc) is 2.40. The third kappa shape index (κ3) is 1.13. The largest absolute Gasteiger partial charge is 0.312 e. The highest BCUT2D eigenvalue weighted by Gasteiger charge is 2.13. The number of imidazole rings is 1. The summed E-state index contributed by atoms with van der Waals surface area (Å²) in [5.41, 5.74) is 0.356. The van der Waals surface area contributed by atoms with Gasteiger partial charge in [-0.25, -0.2) is 0 Å². The maximum atomic E-state index is 11.5. The first-order valence-electron chi connectivity index (χ1n) is 3.77. The standard InChI is InChI=1S/C7H6Cl2N4O/c1-12-3-4(10-6(12)8)13(2)7(9)11-5(3)14/h1-2H3. The van der Waals surface area contributed by atoms with E-state index in [1.165, 1.54) is 9.13 Å². The van der Waals surface area contributed by atoms with Crippen LogP contribution in [0.15, 0.2) is 4.79 Å². The minimum absolute atomic E-state index is 0.0947. The lowest BCUT2D eigenvalue weighted by atomic mass is 10.5. The van der Waals surface area contributed by atoms with Crippen LogP contribution in [0.2, 0.25) is 10.6 Å². The molecule has 0 N–H and O–H groups in total. The SMILES string of the molecule is Cn1c(Cl)nc(=O)c2c1nc(Cl)n2C. The van der Waals surface area contributed by atoms with Crippen molar-refractivity contribution in [3.8, 4) is 0 Å². The first-order valence-corrected chi connectivity index (χ1v) is 4.52. The van der Waals surface area contributed by atoms with Crippen LogP contribution in [0.25, 0.3) is 11.2 Å². The Balaban J connectivity index is 3.10. The highest BCUT2D eigenvalue weighted by atomic mass is 35.5. The molecular weight excluding hydrogens is 227 g/mol. The van der Waals surface area contributed by atoms with Gasteiger partial charge in [0.2, 0.25) is 10.6 Å². The molecule has 2 heterocycles. The van der Waals surface area contributed by atoms with Crippen molar-refractivity contribution in [3.05, 3.63) is 20.9 Å². The fourth-order valence-corrected chi connectivity index (χ4v) is 1.55. The summed E-state index contributed by atoms with van der Waals surface area (Å²) in [4.78, 5) is 19.1. The summed E-state index contributed by atoms with van der Waals surface area (Å²) in [6, 6.07) is 0. The molecule has 2 rings (SSSR count). The predicted molar refractivity (Wildman–Crippen MR) is 53.8 cm³/mol. The fourth-order valence-electron chi connectivity index (χ4n) is 1.23. The quantitative estimate of drug-likeness (QED) is 0.503. The zero-order valence-corrected chi connectivity index (χ0v) is 8.96. The van der Waals surface area contributed by atoms with Gasteiger partial charge in [0.1, 0.15) is 0 Å². The summed E-state index contributed by atoms with van der Waals surface area (Å²) in [6.45, 7) is 0. The number of hydrogen-bond donors (Lipinski definition) is 0. The van der Waals surface area contributed by atoms with Crippen LogP contribution in [0.3, 0.4) is 0 Å². The van der Waals surface area contributed by atoms with E-state index < -0.39 is 5.56 Å². The van der Waals surface area contributed by atoms with Crippen molar-refractivity contribution in [1.29, 1.82) is 0 Å². The molecule has 0 saturated carbocycles. The van der Waals surface area contributed by atoms with E-state index in [-0.39, 0.29) is 10.6 Å². The Kier molecular flexibility index (Phi) is 2.01. The minimum atomic E-state index is -0.426. The first kappa shape index (κ1) is 9.48. The zero-order valence-electron chi connectivity index (χ0n) is 7.45. The summed E-state index contributed by atoms with van der Waals surface area (Å²) in [5.74, 6) is 0. The topological polar surface area (TPSA) is 52.7 Å². The van der Waals surface area contributed by atoms with Crippen LogP contribution in [0.4, 0.5) is 0 Å². The number of nitrogens with zero attached hydrogens (tertiary/aromatic N) is 4. The van der Waals surface area contributed by atoms with E-state index in [1.54, 1.807) is 14.1 Å². The molecule has 0 aliphatic heterocycles. The van der Waals surface area contributed by atoms with Crippen LogP contribution in [-0.4, -0.2) is 19.1 Å². The molecule has 2 aromatic heterocycles. The molecule has 0 bridgehead atoms. The van der Waals surface area contributed by atoms with E-state index in [9.17, 15) is 4.79 Å². The molecule has 74 valence electrons. The van der Waals surface area contributed by atoms with Crippen LogP contribution in [-0.2, 0) is 14.1 Å². The summed E-state index contributed by atoms with van der Waals surface area (Å²) in [7, 11) is 3.31. The second-order valence-electron chi connectivity index (χ2n) is 2.86. The molecular formula is C7H6Cl2N4O. The Hall–Kier alpha value is -1.07. The Labute approximate surface area is 88.9 Å². The van der Waals surface area contributed by atoms with Gasteiger partial charge < -0.3 is 9.13 Å². The third-order valence-electron chi connectivity index (χ3n) is 2.01. The zero-order chi connectivity index (χ0) is 10.5. The molecule has 0 unspecified atom stereocenters. The molecule has 2 aromatic rings. The second-order valence-corrected chi connectivity index (χ2v) is 3.53. The highest BCUT2D eigenvalue weighted by Crippen LogP contribution is 2.16. The summed E-state index contributed by atoms with van der Waals surface area (Å²) < 4.78 is 2.98. The van der Waals surface area contributed by atoms with E-state index in [0.717, 1.165) is 0 Å². The molecule has 7 heteroatoms. The molecule has 0 aliphatic carbocycles. The van der Waals surface area contributed by atoms with Gasteiger partial charge in [0, 0.05) is 14.1 Å². The first-order chi connectivity index (χ1) is 6.52. The molecule has 0 radical (unpaired) electrons. The number of fused-ring (bicyclic) bond motifs is 1. The fraction of sp³-hybridized carbons (Fsp3) is 0.286. The van der Waals surface area contributed by atoms with Crippen LogP contribution in [0.5, 0.6) is 0 Å². The number of aromatic nitrogens is 4. The third-order valence-corrected chi connectivity index (χ3v) is 2.69.